The van der Waals surface area contributed by atoms with Gasteiger partial charge in [-0.05, 0) is 6.07 Å². The zero-order chi connectivity index (χ0) is 11.6. The summed E-state index contributed by atoms with van der Waals surface area (Å²) in [6.45, 7) is -1.19. The highest BCUT2D eigenvalue weighted by molar-refractivity contribution is 5.84. The normalized spacial score (nSPS) is 11.5. The van der Waals surface area contributed by atoms with E-state index in [2.05, 4.69) is 4.42 Å². The van der Waals surface area contributed by atoms with E-state index in [0.717, 1.165) is 18.0 Å². The first kappa shape index (κ1) is 11.4. The van der Waals surface area contributed by atoms with Crippen LogP contribution in [0, 0.1) is 0 Å². The summed E-state index contributed by atoms with van der Waals surface area (Å²) in [5.74, 6) is -1.84. The van der Waals surface area contributed by atoms with Crippen molar-refractivity contribution < 1.29 is 27.5 Å². The molecule has 0 bridgehead atoms. The highest BCUT2D eigenvalue weighted by atomic mass is 19.4. The highest BCUT2D eigenvalue weighted by Gasteiger charge is 2.30. The van der Waals surface area contributed by atoms with Crippen LogP contribution in [0.25, 0.3) is 0 Å². The van der Waals surface area contributed by atoms with Gasteiger partial charge in [0.1, 0.15) is 6.54 Å². The first-order chi connectivity index (χ1) is 6.79. The summed E-state index contributed by atoms with van der Waals surface area (Å²) in [5, 5.41) is 8.48. The van der Waals surface area contributed by atoms with Crippen LogP contribution in [0.1, 0.15) is 10.6 Å². The van der Waals surface area contributed by atoms with Gasteiger partial charge < -0.3 is 14.4 Å². The first-order valence-corrected chi connectivity index (χ1v) is 3.90. The molecule has 0 radical (unpaired) electrons. The molecule has 15 heavy (non-hydrogen) atoms. The van der Waals surface area contributed by atoms with Gasteiger partial charge in [0, 0.05) is 13.1 Å². The van der Waals surface area contributed by atoms with E-state index in [0.29, 0.717) is 0 Å². The maximum atomic E-state index is 12.0. The Morgan fingerprint density at radius 2 is 2.13 bits per heavy atom. The fraction of sp³-hybridized carbons (Fsp3) is 0.375. The maximum absolute atomic E-state index is 12.0. The summed E-state index contributed by atoms with van der Waals surface area (Å²) >= 11 is 0. The Morgan fingerprint density at radius 3 is 2.53 bits per heavy atom. The molecule has 0 saturated heterocycles. The molecule has 1 aromatic rings. The van der Waals surface area contributed by atoms with Gasteiger partial charge in [-0.15, -0.1) is 0 Å². The van der Waals surface area contributed by atoms with Crippen molar-refractivity contribution in [2.24, 2.45) is 0 Å². The second-order valence-electron chi connectivity index (χ2n) is 2.91. The summed E-state index contributed by atoms with van der Waals surface area (Å²) in [4.78, 5) is 11.2. The molecule has 0 aliphatic carbocycles. The smallest absolute Gasteiger partial charge is 0.406 e. The van der Waals surface area contributed by atoms with E-state index in [1.54, 1.807) is 0 Å². The van der Waals surface area contributed by atoms with Gasteiger partial charge in [-0.1, -0.05) is 0 Å². The Kier molecular flexibility index (Phi) is 2.92. The summed E-state index contributed by atoms with van der Waals surface area (Å²) in [5.41, 5.74) is 0. The number of carbonyl (C=O) groups is 1. The molecule has 0 aliphatic rings. The van der Waals surface area contributed by atoms with Crippen LogP contribution in [0.5, 0.6) is 0 Å². The Morgan fingerprint density at radius 1 is 1.53 bits per heavy atom. The fourth-order valence-corrected chi connectivity index (χ4v) is 0.995. The molecule has 7 heteroatoms. The number of carboxylic acid groups (broad SMARTS) is 1. The molecule has 1 heterocycles. The van der Waals surface area contributed by atoms with Gasteiger partial charge in [0.05, 0.1) is 0 Å². The summed E-state index contributed by atoms with van der Waals surface area (Å²) in [7, 11) is 1.16. The zero-order valence-corrected chi connectivity index (χ0v) is 7.71. The Balaban J connectivity index is 2.74. The van der Waals surface area contributed by atoms with Crippen molar-refractivity contribution in [1.29, 1.82) is 0 Å². The van der Waals surface area contributed by atoms with Gasteiger partial charge in [-0.2, -0.15) is 13.2 Å². The standard InChI is InChI=1S/C8H8F3NO3/c1-12(4-8(9,10)11)6-3-2-5(15-6)7(13)14/h2-3H,4H2,1H3,(H,13,14). The SMILES string of the molecule is CN(CC(F)(F)F)c1ccc(C(=O)O)o1. The van der Waals surface area contributed by atoms with Gasteiger partial charge in [-0.3, -0.25) is 0 Å². The highest BCUT2D eigenvalue weighted by Crippen LogP contribution is 2.22. The van der Waals surface area contributed by atoms with Crippen molar-refractivity contribution in [3.8, 4) is 0 Å². The third-order valence-corrected chi connectivity index (χ3v) is 1.60. The zero-order valence-electron chi connectivity index (χ0n) is 7.71. The van der Waals surface area contributed by atoms with Crippen molar-refractivity contribution >= 4 is 11.9 Å². The van der Waals surface area contributed by atoms with Gasteiger partial charge >= 0.3 is 12.1 Å². The number of carboxylic acids is 1. The van der Waals surface area contributed by atoms with E-state index >= 15 is 0 Å². The number of halogens is 3. The van der Waals surface area contributed by atoms with Crippen molar-refractivity contribution in [3.05, 3.63) is 17.9 Å². The molecule has 0 spiro atoms. The average molecular weight is 223 g/mol. The van der Waals surface area contributed by atoms with Crippen LogP contribution in [0.4, 0.5) is 19.1 Å². The second kappa shape index (κ2) is 3.84. The van der Waals surface area contributed by atoms with E-state index in [9.17, 15) is 18.0 Å². The van der Waals surface area contributed by atoms with Crippen molar-refractivity contribution in [3.63, 3.8) is 0 Å². The monoisotopic (exact) mass is 223 g/mol. The number of anilines is 1. The summed E-state index contributed by atoms with van der Waals surface area (Å²) < 4.78 is 40.6. The number of hydrogen-bond acceptors (Lipinski definition) is 3. The van der Waals surface area contributed by atoms with Crippen LogP contribution in [-0.2, 0) is 0 Å². The molecule has 0 aromatic carbocycles. The van der Waals surface area contributed by atoms with E-state index in [1.807, 2.05) is 0 Å². The molecular formula is C8H8F3NO3. The number of rotatable bonds is 3. The summed E-state index contributed by atoms with van der Waals surface area (Å²) in [6.07, 6.45) is -4.36. The molecule has 84 valence electrons. The number of hydrogen-bond donors (Lipinski definition) is 1. The molecule has 1 N–H and O–H groups in total. The third kappa shape index (κ3) is 3.19. The Hall–Kier alpha value is -1.66. The Bertz CT molecular complexity index is 358. The molecule has 1 rings (SSSR count). The molecule has 0 saturated carbocycles. The van der Waals surface area contributed by atoms with Crippen LogP contribution in [0.3, 0.4) is 0 Å². The van der Waals surface area contributed by atoms with E-state index < -0.39 is 18.7 Å². The lowest BCUT2D eigenvalue weighted by molar-refractivity contribution is -0.119. The van der Waals surface area contributed by atoms with E-state index in [4.69, 9.17) is 5.11 Å². The molecule has 0 unspecified atom stereocenters. The number of nitrogens with zero attached hydrogens (tertiary/aromatic N) is 1. The number of furan rings is 1. The molecule has 1 aromatic heterocycles. The molecule has 0 atom stereocenters. The van der Waals surface area contributed by atoms with Crippen LogP contribution >= 0.6 is 0 Å². The third-order valence-electron chi connectivity index (χ3n) is 1.60. The average Bonchev–Trinajstić information content (AvgIpc) is 2.47. The van der Waals surface area contributed by atoms with Gasteiger partial charge in [0.25, 0.3) is 0 Å². The Labute approximate surface area is 82.9 Å². The minimum Gasteiger partial charge on any atom is -0.475 e. The summed E-state index contributed by atoms with van der Waals surface area (Å²) in [6, 6.07) is 2.28. The lowest BCUT2D eigenvalue weighted by Gasteiger charge is -2.17. The molecule has 0 aliphatic heterocycles. The topological polar surface area (TPSA) is 53.7 Å². The van der Waals surface area contributed by atoms with E-state index in [-0.39, 0.29) is 11.6 Å². The van der Waals surface area contributed by atoms with E-state index in [1.165, 1.54) is 6.07 Å². The largest absolute Gasteiger partial charge is 0.475 e. The van der Waals surface area contributed by atoms with Gasteiger partial charge in [0.15, 0.2) is 5.88 Å². The molecule has 0 fully saturated rings. The van der Waals surface area contributed by atoms with Crippen LogP contribution < -0.4 is 4.90 Å². The van der Waals surface area contributed by atoms with Crippen LogP contribution in [0.15, 0.2) is 16.5 Å². The van der Waals surface area contributed by atoms with Gasteiger partial charge in [-0.25, -0.2) is 4.79 Å². The minimum absolute atomic E-state index is 0.135. The lowest BCUT2D eigenvalue weighted by Crippen LogP contribution is -2.30. The van der Waals surface area contributed by atoms with Gasteiger partial charge in [0.2, 0.25) is 5.76 Å². The number of alkyl halides is 3. The van der Waals surface area contributed by atoms with Crippen LogP contribution in [0.2, 0.25) is 0 Å². The molecule has 0 amide bonds. The predicted octanol–water partition coefficient (Wildman–Crippen LogP) is 1.98. The molecular weight excluding hydrogens is 215 g/mol. The van der Waals surface area contributed by atoms with Crippen molar-refractivity contribution in [2.75, 3.05) is 18.5 Å². The first-order valence-electron chi connectivity index (χ1n) is 3.90. The number of aromatic carboxylic acids is 1. The molecule has 4 nitrogen and oxygen atoms in total. The van der Waals surface area contributed by atoms with Crippen molar-refractivity contribution in [2.45, 2.75) is 6.18 Å². The van der Waals surface area contributed by atoms with Crippen LogP contribution in [-0.4, -0.2) is 30.8 Å². The quantitative estimate of drug-likeness (QED) is 0.851. The predicted molar refractivity (Wildman–Crippen MR) is 45.0 cm³/mol. The van der Waals surface area contributed by atoms with Crippen molar-refractivity contribution in [1.82, 2.24) is 0 Å². The lowest BCUT2D eigenvalue weighted by atomic mass is 10.4. The second-order valence-corrected chi connectivity index (χ2v) is 2.91. The fourth-order valence-electron chi connectivity index (χ4n) is 0.995. The maximum Gasteiger partial charge on any atom is 0.406 e. The minimum atomic E-state index is -4.36.